The van der Waals surface area contributed by atoms with Crippen molar-refractivity contribution in [3.63, 3.8) is 0 Å². The zero-order chi connectivity index (χ0) is 15.7. The highest BCUT2D eigenvalue weighted by molar-refractivity contribution is 5.41. The van der Waals surface area contributed by atoms with Gasteiger partial charge in [-0.1, -0.05) is 6.92 Å². The minimum atomic E-state index is -0.143. The second-order valence-corrected chi connectivity index (χ2v) is 6.32. The van der Waals surface area contributed by atoms with Crippen LogP contribution in [0.2, 0.25) is 0 Å². The lowest BCUT2D eigenvalue weighted by Gasteiger charge is -2.40. The Balaban J connectivity index is 1.92. The molecule has 1 N–H and O–H groups in total. The maximum Gasteiger partial charge on any atom is 0.251 e. The van der Waals surface area contributed by atoms with E-state index < -0.39 is 0 Å². The number of aromatic amines is 1. The number of hydrogen-bond acceptors (Lipinski definition) is 5. The molecule has 3 heterocycles. The number of aryl methyl sites for hydroxylation is 2. The summed E-state index contributed by atoms with van der Waals surface area (Å²) in [7, 11) is 0. The van der Waals surface area contributed by atoms with Gasteiger partial charge in [-0.05, 0) is 26.7 Å². The van der Waals surface area contributed by atoms with Crippen molar-refractivity contribution < 1.29 is 0 Å². The van der Waals surface area contributed by atoms with Gasteiger partial charge in [-0.2, -0.15) is 0 Å². The van der Waals surface area contributed by atoms with Crippen molar-refractivity contribution in [2.45, 2.75) is 39.0 Å². The van der Waals surface area contributed by atoms with Crippen LogP contribution in [0, 0.1) is 13.8 Å². The van der Waals surface area contributed by atoms with Crippen LogP contribution in [0.15, 0.2) is 23.3 Å². The molecule has 1 fully saturated rings. The van der Waals surface area contributed by atoms with Crippen molar-refractivity contribution in [1.82, 2.24) is 19.9 Å². The first kappa shape index (κ1) is 14.7. The zero-order valence-corrected chi connectivity index (χ0v) is 13.3. The van der Waals surface area contributed by atoms with Gasteiger partial charge < -0.3 is 9.88 Å². The highest BCUT2D eigenvalue weighted by atomic mass is 16.1. The van der Waals surface area contributed by atoms with E-state index in [9.17, 15) is 4.79 Å². The molecule has 1 unspecified atom stereocenters. The largest absolute Gasteiger partial charge is 0.356 e. The van der Waals surface area contributed by atoms with Crippen LogP contribution in [0.25, 0.3) is 0 Å². The van der Waals surface area contributed by atoms with Gasteiger partial charge in [-0.25, -0.2) is 15.0 Å². The molecule has 0 spiro atoms. The summed E-state index contributed by atoms with van der Waals surface area (Å²) in [5.74, 6) is 1.61. The standard InChI is InChI=1S/C16H21N5O/c1-11-7-14(18-10-17-11)21-6-4-5-16(3,9-21)13-8-15(22)20-12(2)19-13/h7-8,10H,4-6,9H2,1-3H3,(H,19,20,22). The second-order valence-electron chi connectivity index (χ2n) is 6.32. The third kappa shape index (κ3) is 2.86. The number of nitrogens with one attached hydrogen (secondary N) is 1. The Bertz CT molecular complexity index is 741. The number of nitrogens with zero attached hydrogens (tertiary/aromatic N) is 4. The third-order valence-electron chi connectivity index (χ3n) is 4.29. The lowest BCUT2D eigenvalue weighted by atomic mass is 9.78. The molecule has 6 nitrogen and oxygen atoms in total. The van der Waals surface area contributed by atoms with Gasteiger partial charge in [0.15, 0.2) is 0 Å². The van der Waals surface area contributed by atoms with E-state index >= 15 is 0 Å². The molecule has 1 aliphatic rings. The quantitative estimate of drug-likeness (QED) is 0.914. The molecule has 6 heteroatoms. The first-order valence-electron chi connectivity index (χ1n) is 7.58. The van der Waals surface area contributed by atoms with Gasteiger partial charge >= 0.3 is 0 Å². The highest BCUT2D eigenvalue weighted by Crippen LogP contribution is 2.33. The molecule has 22 heavy (non-hydrogen) atoms. The Kier molecular flexibility index (Phi) is 3.68. The lowest BCUT2D eigenvalue weighted by molar-refractivity contribution is 0.361. The van der Waals surface area contributed by atoms with Gasteiger partial charge in [0.1, 0.15) is 18.0 Å². The maximum absolute atomic E-state index is 11.8. The molecule has 0 aliphatic carbocycles. The third-order valence-corrected chi connectivity index (χ3v) is 4.29. The summed E-state index contributed by atoms with van der Waals surface area (Å²) in [5, 5.41) is 0. The number of rotatable bonds is 2. The molecule has 0 radical (unpaired) electrons. The molecule has 1 aliphatic heterocycles. The van der Waals surface area contributed by atoms with Gasteiger partial charge in [-0.15, -0.1) is 0 Å². The van der Waals surface area contributed by atoms with E-state index in [4.69, 9.17) is 0 Å². The van der Waals surface area contributed by atoms with Crippen molar-refractivity contribution in [1.29, 1.82) is 0 Å². The van der Waals surface area contributed by atoms with Gasteiger partial charge in [0.2, 0.25) is 0 Å². The fourth-order valence-electron chi connectivity index (χ4n) is 3.15. The minimum Gasteiger partial charge on any atom is -0.356 e. The summed E-state index contributed by atoms with van der Waals surface area (Å²) in [5.41, 5.74) is 1.60. The number of anilines is 1. The van der Waals surface area contributed by atoms with E-state index in [1.54, 1.807) is 12.4 Å². The molecule has 3 rings (SSSR count). The van der Waals surface area contributed by atoms with Gasteiger partial charge in [-0.3, -0.25) is 4.79 Å². The summed E-state index contributed by atoms with van der Waals surface area (Å²) in [6.07, 6.45) is 3.67. The Morgan fingerprint density at radius 3 is 2.82 bits per heavy atom. The van der Waals surface area contributed by atoms with Crippen LogP contribution in [-0.4, -0.2) is 33.0 Å². The fraction of sp³-hybridized carbons (Fsp3) is 0.500. The molecule has 1 atom stereocenters. The van der Waals surface area contributed by atoms with E-state index in [0.29, 0.717) is 5.82 Å². The lowest BCUT2D eigenvalue weighted by Crippen LogP contribution is -2.45. The van der Waals surface area contributed by atoms with Gasteiger partial charge in [0.05, 0.1) is 5.69 Å². The Hall–Kier alpha value is -2.24. The van der Waals surface area contributed by atoms with Crippen molar-refractivity contribution >= 4 is 5.82 Å². The topological polar surface area (TPSA) is 74.8 Å². The smallest absolute Gasteiger partial charge is 0.251 e. The first-order chi connectivity index (χ1) is 10.5. The van der Waals surface area contributed by atoms with Crippen LogP contribution in [0.1, 0.15) is 37.0 Å². The molecule has 0 amide bonds. The summed E-state index contributed by atoms with van der Waals surface area (Å²) in [6.45, 7) is 7.74. The Morgan fingerprint density at radius 1 is 1.27 bits per heavy atom. The summed E-state index contributed by atoms with van der Waals surface area (Å²) in [6, 6.07) is 3.63. The molecule has 0 saturated carbocycles. The van der Waals surface area contributed by atoms with E-state index in [1.165, 1.54) is 0 Å². The number of H-pyrrole nitrogens is 1. The summed E-state index contributed by atoms with van der Waals surface area (Å²) >= 11 is 0. The molecular weight excluding hydrogens is 278 g/mol. The van der Waals surface area contributed by atoms with E-state index in [0.717, 1.165) is 43.1 Å². The molecular formula is C16H21N5O. The summed E-state index contributed by atoms with van der Waals surface area (Å²) in [4.78, 5) is 29.8. The first-order valence-corrected chi connectivity index (χ1v) is 7.58. The molecule has 2 aromatic rings. The second kappa shape index (κ2) is 5.51. The van der Waals surface area contributed by atoms with Crippen LogP contribution in [0.5, 0.6) is 0 Å². The Morgan fingerprint density at radius 2 is 2.09 bits per heavy atom. The van der Waals surface area contributed by atoms with Crippen LogP contribution >= 0.6 is 0 Å². The van der Waals surface area contributed by atoms with Gasteiger partial charge in [0.25, 0.3) is 5.56 Å². The highest BCUT2D eigenvalue weighted by Gasteiger charge is 2.35. The van der Waals surface area contributed by atoms with Gasteiger partial charge in [0, 0.05) is 36.3 Å². The fourth-order valence-corrected chi connectivity index (χ4v) is 3.15. The molecule has 2 aromatic heterocycles. The van der Waals surface area contributed by atoms with Crippen molar-refractivity contribution in [3.8, 4) is 0 Å². The normalized spacial score (nSPS) is 21.9. The van der Waals surface area contributed by atoms with Crippen molar-refractivity contribution in [2.75, 3.05) is 18.0 Å². The Labute approximate surface area is 129 Å². The van der Waals surface area contributed by atoms with Crippen molar-refractivity contribution in [3.05, 3.63) is 46.0 Å². The SMILES string of the molecule is Cc1cc(N2CCCC(C)(c3cc(=O)[nH]c(C)n3)C2)ncn1. The summed E-state index contributed by atoms with van der Waals surface area (Å²) < 4.78 is 0. The van der Waals surface area contributed by atoms with Crippen molar-refractivity contribution in [2.24, 2.45) is 0 Å². The minimum absolute atomic E-state index is 0.0845. The number of piperidine rings is 1. The van der Waals surface area contributed by atoms with Crippen LogP contribution < -0.4 is 10.5 Å². The van der Waals surface area contributed by atoms with E-state index in [-0.39, 0.29) is 11.0 Å². The van der Waals surface area contributed by atoms with Crippen LogP contribution in [-0.2, 0) is 5.41 Å². The predicted molar refractivity (Wildman–Crippen MR) is 85.2 cm³/mol. The predicted octanol–water partition coefficient (Wildman–Crippen LogP) is 1.73. The maximum atomic E-state index is 11.8. The molecule has 116 valence electrons. The molecule has 1 saturated heterocycles. The van der Waals surface area contributed by atoms with E-state index in [1.807, 2.05) is 19.9 Å². The van der Waals surface area contributed by atoms with E-state index in [2.05, 4.69) is 31.8 Å². The monoisotopic (exact) mass is 299 g/mol. The average molecular weight is 299 g/mol. The zero-order valence-electron chi connectivity index (χ0n) is 13.3. The van der Waals surface area contributed by atoms with Crippen LogP contribution in [0.4, 0.5) is 5.82 Å². The average Bonchev–Trinajstić information content (AvgIpc) is 2.46. The van der Waals surface area contributed by atoms with Crippen LogP contribution in [0.3, 0.4) is 0 Å². The molecule has 0 aromatic carbocycles. The number of aromatic nitrogens is 4. The number of hydrogen-bond donors (Lipinski definition) is 1. The molecule has 0 bridgehead atoms.